The second kappa shape index (κ2) is 5.49. The van der Waals surface area contributed by atoms with Gasteiger partial charge in [-0.25, -0.2) is 0 Å². The van der Waals surface area contributed by atoms with Gasteiger partial charge < -0.3 is 16.2 Å². The predicted octanol–water partition coefficient (Wildman–Crippen LogP) is 0.0368. The lowest BCUT2D eigenvalue weighted by Gasteiger charge is -2.03. The van der Waals surface area contributed by atoms with Crippen LogP contribution in [0.5, 0.6) is 0 Å². The Bertz CT molecular complexity index is 185. The maximum absolute atomic E-state index is 10.2. The van der Waals surface area contributed by atoms with Gasteiger partial charge in [-0.3, -0.25) is 4.79 Å². The number of hydrogen-bond acceptors (Lipinski definition) is 4. The smallest absolute Gasteiger partial charge is 0.147 e. The van der Waals surface area contributed by atoms with E-state index in [1.54, 1.807) is 6.92 Å². The SMILES string of the molecule is C/C(C=O)=C(\C=C\O)NCN. The number of nitrogens with one attached hydrogen (secondary N) is 1. The van der Waals surface area contributed by atoms with Crippen molar-refractivity contribution in [2.75, 3.05) is 6.67 Å². The van der Waals surface area contributed by atoms with E-state index in [1.165, 1.54) is 6.08 Å². The zero-order valence-corrected chi connectivity index (χ0v) is 6.37. The van der Waals surface area contributed by atoms with E-state index in [1.807, 2.05) is 0 Å². The molecule has 0 spiro atoms. The summed E-state index contributed by atoms with van der Waals surface area (Å²) in [5.41, 5.74) is 6.21. The highest BCUT2D eigenvalue weighted by Crippen LogP contribution is 1.97. The van der Waals surface area contributed by atoms with Crippen LogP contribution in [0, 0.1) is 0 Å². The zero-order chi connectivity index (χ0) is 8.69. The summed E-state index contributed by atoms with van der Waals surface area (Å²) in [6.45, 7) is 1.86. The van der Waals surface area contributed by atoms with Crippen LogP contribution in [-0.2, 0) is 4.79 Å². The van der Waals surface area contributed by atoms with Crippen molar-refractivity contribution in [3.8, 4) is 0 Å². The minimum absolute atomic E-state index is 0.227. The molecule has 4 nitrogen and oxygen atoms in total. The Hall–Kier alpha value is -1.29. The van der Waals surface area contributed by atoms with Crippen LogP contribution in [0.4, 0.5) is 0 Å². The van der Waals surface area contributed by atoms with Crippen molar-refractivity contribution in [1.82, 2.24) is 5.32 Å². The lowest BCUT2D eigenvalue weighted by molar-refractivity contribution is -0.104. The van der Waals surface area contributed by atoms with Crippen LogP contribution >= 0.6 is 0 Å². The number of nitrogens with two attached hydrogens (primary N) is 1. The summed E-state index contributed by atoms with van der Waals surface area (Å²) in [4.78, 5) is 10.2. The van der Waals surface area contributed by atoms with Gasteiger partial charge in [0.2, 0.25) is 0 Å². The second-order valence-corrected chi connectivity index (χ2v) is 1.91. The minimum atomic E-state index is 0.227. The fraction of sp³-hybridized carbons (Fsp3) is 0.286. The number of aliphatic hydroxyl groups is 1. The molecule has 4 N–H and O–H groups in total. The van der Waals surface area contributed by atoms with Crippen LogP contribution in [0.3, 0.4) is 0 Å². The summed E-state index contributed by atoms with van der Waals surface area (Å²) >= 11 is 0. The third kappa shape index (κ3) is 3.42. The molecule has 0 aliphatic heterocycles. The van der Waals surface area contributed by atoms with Crippen LogP contribution in [0.15, 0.2) is 23.6 Å². The molecule has 11 heavy (non-hydrogen) atoms. The monoisotopic (exact) mass is 156 g/mol. The number of aldehydes is 1. The van der Waals surface area contributed by atoms with Gasteiger partial charge in [0.25, 0.3) is 0 Å². The third-order valence-electron chi connectivity index (χ3n) is 1.14. The minimum Gasteiger partial charge on any atom is -0.516 e. The molecule has 0 aliphatic carbocycles. The molecule has 0 aromatic carbocycles. The molecule has 4 heteroatoms. The number of carbonyl (C=O) groups is 1. The van der Waals surface area contributed by atoms with Crippen molar-refractivity contribution in [2.24, 2.45) is 5.73 Å². The number of aliphatic hydroxyl groups excluding tert-OH is 1. The first-order valence-electron chi connectivity index (χ1n) is 3.17. The van der Waals surface area contributed by atoms with E-state index in [0.717, 1.165) is 6.26 Å². The van der Waals surface area contributed by atoms with Gasteiger partial charge in [0.15, 0.2) is 0 Å². The first kappa shape index (κ1) is 9.71. The van der Waals surface area contributed by atoms with E-state index in [4.69, 9.17) is 10.8 Å². The Morgan fingerprint density at radius 2 is 2.36 bits per heavy atom. The van der Waals surface area contributed by atoms with Crippen molar-refractivity contribution in [1.29, 1.82) is 0 Å². The highest BCUT2D eigenvalue weighted by Gasteiger charge is 1.94. The van der Waals surface area contributed by atoms with E-state index in [9.17, 15) is 4.79 Å². The van der Waals surface area contributed by atoms with Gasteiger partial charge in [-0.1, -0.05) is 0 Å². The molecule has 0 rings (SSSR count). The molecule has 0 atom stereocenters. The Kier molecular flexibility index (Phi) is 4.85. The summed E-state index contributed by atoms with van der Waals surface area (Å²) in [6.07, 6.45) is 2.92. The molecule has 0 fully saturated rings. The third-order valence-corrected chi connectivity index (χ3v) is 1.14. The van der Waals surface area contributed by atoms with Crippen LogP contribution < -0.4 is 11.1 Å². The summed E-state index contributed by atoms with van der Waals surface area (Å²) in [6, 6.07) is 0. The molecule has 62 valence electrons. The van der Waals surface area contributed by atoms with E-state index in [-0.39, 0.29) is 6.67 Å². The van der Waals surface area contributed by atoms with Gasteiger partial charge in [-0.05, 0) is 13.0 Å². The van der Waals surface area contributed by atoms with Crippen molar-refractivity contribution < 1.29 is 9.90 Å². The van der Waals surface area contributed by atoms with Crippen molar-refractivity contribution >= 4 is 6.29 Å². The molecular weight excluding hydrogens is 144 g/mol. The molecule has 0 amide bonds. The maximum atomic E-state index is 10.2. The number of carbonyl (C=O) groups excluding carboxylic acids is 1. The van der Waals surface area contributed by atoms with Gasteiger partial charge in [-0.2, -0.15) is 0 Å². The van der Waals surface area contributed by atoms with Gasteiger partial charge >= 0.3 is 0 Å². The number of hydrogen-bond donors (Lipinski definition) is 3. The highest BCUT2D eigenvalue weighted by atomic mass is 16.2. The highest BCUT2D eigenvalue weighted by molar-refractivity contribution is 5.74. The average molecular weight is 156 g/mol. The van der Waals surface area contributed by atoms with Crippen molar-refractivity contribution in [2.45, 2.75) is 6.92 Å². The summed E-state index contributed by atoms with van der Waals surface area (Å²) in [7, 11) is 0. The molecule has 0 aromatic heterocycles. The van der Waals surface area contributed by atoms with Gasteiger partial charge in [-0.15, -0.1) is 0 Å². The lowest BCUT2D eigenvalue weighted by Crippen LogP contribution is -2.21. The normalized spacial score (nSPS) is 12.9. The van der Waals surface area contributed by atoms with E-state index >= 15 is 0 Å². The standard InChI is InChI=1S/C7H12N2O2/c1-6(4-11)7(2-3-10)9-5-8/h2-4,9-10H,5,8H2,1H3/b3-2+,7-6-. The fourth-order valence-electron chi connectivity index (χ4n) is 0.578. The summed E-state index contributed by atoms with van der Waals surface area (Å²) in [5, 5.41) is 11.1. The fourth-order valence-corrected chi connectivity index (χ4v) is 0.578. The summed E-state index contributed by atoms with van der Waals surface area (Å²) in [5.74, 6) is 0. The molecule has 0 bridgehead atoms. The maximum Gasteiger partial charge on any atom is 0.147 e. The zero-order valence-electron chi connectivity index (χ0n) is 6.37. The summed E-state index contributed by atoms with van der Waals surface area (Å²) < 4.78 is 0. The lowest BCUT2D eigenvalue weighted by atomic mass is 10.2. The molecular formula is C7H12N2O2. The molecule has 0 saturated carbocycles. The van der Waals surface area contributed by atoms with Crippen molar-refractivity contribution in [3.63, 3.8) is 0 Å². The van der Waals surface area contributed by atoms with Gasteiger partial charge in [0.05, 0.1) is 12.9 Å². The first-order chi connectivity index (χ1) is 5.26. The van der Waals surface area contributed by atoms with Gasteiger partial charge in [0, 0.05) is 11.3 Å². The molecule has 0 saturated heterocycles. The van der Waals surface area contributed by atoms with Crippen LogP contribution in [0.25, 0.3) is 0 Å². The largest absolute Gasteiger partial charge is 0.516 e. The van der Waals surface area contributed by atoms with E-state index in [2.05, 4.69) is 5.32 Å². The first-order valence-corrected chi connectivity index (χ1v) is 3.17. The molecule has 0 unspecified atom stereocenters. The van der Waals surface area contributed by atoms with Crippen molar-refractivity contribution in [3.05, 3.63) is 23.6 Å². The van der Waals surface area contributed by atoms with E-state index < -0.39 is 0 Å². The molecule has 0 heterocycles. The van der Waals surface area contributed by atoms with E-state index in [0.29, 0.717) is 17.6 Å². The van der Waals surface area contributed by atoms with Crippen LogP contribution in [0.2, 0.25) is 0 Å². The Morgan fingerprint density at radius 3 is 2.73 bits per heavy atom. The Labute approximate surface area is 65.4 Å². The molecule has 0 aromatic rings. The number of rotatable bonds is 4. The molecule has 0 radical (unpaired) electrons. The Balaban J connectivity index is 4.42. The molecule has 0 aliphatic rings. The predicted molar refractivity (Wildman–Crippen MR) is 42.7 cm³/mol. The second-order valence-electron chi connectivity index (χ2n) is 1.91. The number of allylic oxidation sites excluding steroid dienone is 2. The Morgan fingerprint density at radius 1 is 1.73 bits per heavy atom. The average Bonchev–Trinajstić information content (AvgIpc) is 2.03. The van der Waals surface area contributed by atoms with Gasteiger partial charge in [0.1, 0.15) is 6.29 Å². The topological polar surface area (TPSA) is 75.3 Å². The quantitative estimate of drug-likeness (QED) is 0.176. The van der Waals surface area contributed by atoms with Crippen LogP contribution in [-0.4, -0.2) is 18.1 Å². The van der Waals surface area contributed by atoms with Crippen LogP contribution in [0.1, 0.15) is 6.92 Å².